The highest BCUT2D eigenvalue weighted by Gasteiger charge is 2.17. The molecule has 0 spiro atoms. The highest BCUT2D eigenvalue weighted by Crippen LogP contribution is 2.25. The number of aryl methyl sites for hydroxylation is 2. The van der Waals surface area contributed by atoms with Crippen LogP contribution in [0.4, 0.5) is 0 Å². The number of aromatic amines is 1. The maximum Gasteiger partial charge on any atom is 0.269 e. The lowest BCUT2D eigenvalue weighted by Crippen LogP contribution is -2.23. The number of nitrogens with one attached hydrogen (secondary N) is 2. The Balaban J connectivity index is 1.63. The molecule has 3 rings (SSSR count). The third-order valence-corrected chi connectivity index (χ3v) is 4.71. The van der Waals surface area contributed by atoms with Crippen LogP contribution in [0.2, 0.25) is 0 Å². The molecule has 7 heteroatoms. The van der Waals surface area contributed by atoms with Crippen molar-refractivity contribution in [1.29, 1.82) is 0 Å². The lowest BCUT2D eigenvalue weighted by molar-refractivity contribution is 0.0946. The molecule has 7 nitrogen and oxygen atoms in total. The van der Waals surface area contributed by atoms with Crippen LogP contribution < -0.4 is 10.1 Å². The predicted octanol–water partition coefficient (Wildman–Crippen LogP) is 3.54. The van der Waals surface area contributed by atoms with Gasteiger partial charge in [-0.2, -0.15) is 10.2 Å². The number of hydrogen-bond donors (Lipinski definition) is 2. The SMILES string of the molecule is CCCCOc1cccc(CNC(=O)c2cc(-c3c(C)nn(C)c3C)n[nH]2)c1. The molecule has 0 unspecified atom stereocenters. The number of H-pyrrole nitrogens is 1. The molecule has 0 aliphatic carbocycles. The van der Waals surface area contributed by atoms with Crippen molar-refractivity contribution < 1.29 is 9.53 Å². The first kappa shape index (κ1) is 19.7. The molecule has 148 valence electrons. The van der Waals surface area contributed by atoms with E-state index in [0.717, 1.165) is 46.8 Å². The van der Waals surface area contributed by atoms with Crippen LogP contribution >= 0.6 is 0 Å². The summed E-state index contributed by atoms with van der Waals surface area (Å²) >= 11 is 0. The molecule has 1 aromatic carbocycles. The zero-order valence-electron chi connectivity index (χ0n) is 16.9. The van der Waals surface area contributed by atoms with E-state index in [1.807, 2.05) is 49.8 Å². The van der Waals surface area contributed by atoms with Crippen molar-refractivity contribution in [2.24, 2.45) is 7.05 Å². The molecule has 28 heavy (non-hydrogen) atoms. The number of ether oxygens (including phenoxy) is 1. The average molecular weight is 381 g/mol. The summed E-state index contributed by atoms with van der Waals surface area (Å²) in [6.07, 6.45) is 2.12. The van der Waals surface area contributed by atoms with Gasteiger partial charge in [0, 0.05) is 24.8 Å². The number of amides is 1. The van der Waals surface area contributed by atoms with Gasteiger partial charge in [-0.3, -0.25) is 14.6 Å². The van der Waals surface area contributed by atoms with E-state index >= 15 is 0 Å². The second kappa shape index (κ2) is 8.73. The maximum atomic E-state index is 12.5. The number of nitrogens with zero attached hydrogens (tertiary/aromatic N) is 3. The van der Waals surface area contributed by atoms with Gasteiger partial charge in [0.1, 0.15) is 11.4 Å². The van der Waals surface area contributed by atoms with E-state index in [4.69, 9.17) is 4.74 Å². The Kier molecular flexibility index (Phi) is 6.13. The van der Waals surface area contributed by atoms with E-state index < -0.39 is 0 Å². The first-order valence-electron chi connectivity index (χ1n) is 9.55. The van der Waals surface area contributed by atoms with Crippen LogP contribution in [0.1, 0.15) is 47.2 Å². The van der Waals surface area contributed by atoms with Crippen molar-refractivity contribution in [3.05, 3.63) is 53.0 Å². The monoisotopic (exact) mass is 381 g/mol. The van der Waals surface area contributed by atoms with E-state index in [1.165, 1.54) is 0 Å². The Morgan fingerprint density at radius 2 is 2.11 bits per heavy atom. The van der Waals surface area contributed by atoms with Gasteiger partial charge in [-0.1, -0.05) is 25.5 Å². The van der Waals surface area contributed by atoms with Gasteiger partial charge < -0.3 is 10.1 Å². The van der Waals surface area contributed by atoms with E-state index in [2.05, 4.69) is 27.5 Å². The van der Waals surface area contributed by atoms with E-state index in [9.17, 15) is 4.79 Å². The number of rotatable bonds is 8. The van der Waals surface area contributed by atoms with Crippen LogP contribution in [-0.2, 0) is 13.6 Å². The van der Waals surface area contributed by atoms with Crippen molar-refractivity contribution >= 4 is 5.91 Å². The van der Waals surface area contributed by atoms with E-state index in [-0.39, 0.29) is 5.91 Å². The Morgan fingerprint density at radius 3 is 2.82 bits per heavy atom. The molecule has 2 N–H and O–H groups in total. The molecule has 0 bridgehead atoms. The summed E-state index contributed by atoms with van der Waals surface area (Å²) in [5, 5.41) is 14.4. The predicted molar refractivity (Wildman–Crippen MR) is 108 cm³/mol. The molecule has 2 aromatic heterocycles. The number of carbonyl (C=O) groups is 1. The third kappa shape index (κ3) is 4.42. The van der Waals surface area contributed by atoms with Crippen LogP contribution in [0.15, 0.2) is 30.3 Å². The van der Waals surface area contributed by atoms with Crippen LogP contribution in [0.5, 0.6) is 5.75 Å². The second-order valence-corrected chi connectivity index (χ2v) is 6.87. The summed E-state index contributed by atoms with van der Waals surface area (Å²) in [4.78, 5) is 12.5. The minimum atomic E-state index is -0.199. The van der Waals surface area contributed by atoms with Gasteiger partial charge in [0.2, 0.25) is 0 Å². The summed E-state index contributed by atoms with van der Waals surface area (Å²) in [5.74, 6) is 0.627. The van der Waals surface area contributed by atoms with Crippen molar-refractivity contribution in [3.63, 3.8) is 0 Å². The summed E-state index contributed by atoms with van der Waals surface area (Å²) in [6, 6.07) is 9.55. The van der Waals surface area contributed by atoms with Gasteiger partial charge in [0.25, 0.3) is 5.91 Å². The van der Waals surface area contributed by atoms with Gasteiger partial charge in [-0.15, -0.1) is 0 Å². The number of aromatic nitrogens is 4. The lowest BCUT2D eigenvalue weighted by Gasteiger charge is -2.08. The van der Waals surface area contributed by atoms with Crippen LogP contribution in [0, 0.1) is 13.8 Å². The van der Waals surface area contributed by atoms with Crippen LogP contribution in [-0.4, -0.2) is 32.5 Å². The van der Waals surface area contributed by atoms with Crippen molar-refractivity contribution in [3.8, 4) is 17.0 Å². The van der Waals surface area contributed by atoms with Gasteiger partial charge in [-0.25, -0.2) is 0 Å². The van der Waals surface area contributed by atoms with Gasteiger partial charge in [-0.05, 0) is 44.0 Å². The first-order valence-corrected chi connectivity index (χ1v) is 9.55. The molecule has 0 saturated heterocycles. The standard InChI is InChI=1S/C21H27N5O2/c1-5-6-10-28-17-9-7-8-16(11-17)13-22-21(27)19-12-18(23-24-19)20-14(2)25-26(4)15(20)3/h7-9,11-12H,5-6,10,13H2,1-4H3,(H,22,27)(H,23,24). The molecular formula is C21H27N5O2. The molecule has 0 aliphatic rings. The highest BCUT2D eigenvalue weighted by atomic mass is 16.5. The Morgan fingerprint density at radius 1 is 1.29 bits per heavy atom. The van der Waals surface area contributed by atoms with Gasteiger partial charge in [0.05, 0.1) is 18.0 Å². The quantitative estimate of drug-likeness (QED) is 0.585. The summed E-state index contributed by atoms with van der Waals surface area (Å²) < 4.78 is 7.53. The molecule has 0 saturated carbocycles. The third-order valence-electron chi connectivity index (χ3n) is 4.71. The molecule has 0 aliphatic heterocycles. The largest absolute Gasteiger partial charge is 0.494 e. The van der Waals surface area contributed by atoms with Crippen molar-refractivity contribution in [2.75, 3.05) is 6.61 Å². The van der Waals surface area contributed by atoms with Crippen LogP contribution in [0.3, 0.4) is 0 Å². The minimum absolute atomic E-state index is 0.199. The van der Waals surface area contributed by atoms with Gasteiger partial charge >= 0.3 is 0 Å². The Hall–Kier alpha value is -3.09. The first-order chi connectivity index (χ1) is 13.5. The van der Waals surface area contributed by atoms with Crippen molar-refractivity contribution in [1.82, 2.24) is 25.3 Å². The fraction of sp³-hybridized carbons (Fsp3) is 0.381. The molecular weight excluding hydrogens is 354 g/mol. The Labute approximate surface area is 165 Å². The lowest BCUT2D eigenvalue weighted by atomic mass is 10.1. The second-order valence-electron chi connectivity index (χ2n) is 6.87. The maximum absolute atomic E-state index is 12.5. The minimum Gasteiger partial charge on any atom is -0.494 e. The van der Waals surface area contributed by atoms with Crippen LogP contribution in [0.25, 0.3) is 11.3 Å². The summed E-state index contributed by atoms with van der Waals surface area (Å²) in [6.45, 7) is 7.18. The average Bonchev–Trinajstić information content (AvgIpc) is 3.25. The summed E-state index contributed by atoms with van der Waals surface area (Å²) in [7, 11) is 1.90. The molecule has 1 amide bonds. The number of benzene rings is 1. The highest BCUT2D eigenvalue weighted by molar-refractivity contribution is 5.93. The number of unbranched alkanes of at least 4 members (excludes halogenated alkanes) is 1. The van der Waals surface area contributed by atoms with E-state index in [1.54, 1.807) is 6.07 Å². The van der Waals surface area contributed by atoms with E-state index in [0.29, 0.717) is 18.8 Å². The number of carbonyl (C=O) groups excluding carboxylic acids is 1. The molecule has 0 fully saturated rings. The fourth-order valence-electron chi connectivity index (χ4n) is 3.07. The summed E-state index contributed by atoms with van der Waals surface area (Å²) in [5.41, 5.74) is 4.98. The zero-order chi connectivity index (χ0) is 20.1. The molecule has 3 aromatic rings. The molecule has 0 atom stereocenters. The Bertz CT molecular complexity index is 958. The van der Waals surface area contributed by atoms with Gasteiger partial charge in [0.15, 0.2) is 0 Å². The molecule has 0 radical (unpaired) electrons. The normalized spacial score (nSPS) is 10.9. The molecule has 2 heterocycles. The zero-order valence-corrected chi connectivity index (χ0v) is 16.9. The fourth-order valence-corrected chi connectivity index (χ4v) is 3.07. The van der Waals surface area contributed by atoms with Crippen molar-refractivity contribution in [2.45, 2.75) is 40.2 Å². The number of hydrogen-bond acceptors (Lipinski definition) is 4. The smallest absolute Gasteiger partial charge is 0.269 e. The topological polar surface area (TPSA) is 84.8 Å².